The van der Waals surface area contributed by atoms with Gasteiger partial charge < -0.3 is 15.1 Å². The van der Waals surface area contributed by atoms with Crippen LogP contribution in [0.3, 0.4) is 0 Å². The Hall–Kier alpha value is -2.34. The third-order valence-electron chi connectivity index (χ3n) is 5.56. The van der Waals surface area contributed by atoms with Crippen LogP contribution in [0.5, 0.6) is 0 Å². The minimum atomic E-state index is -0.0534. The predicted molar refractivity (Wildman–Crippen MR) is 110 cm³/mol. The first-order valence-electron chi connectivity index (χ1n) is 9.79. The van der Waals surface area contributed by atoms with E-state index < -0.39 is 0 Å². The summed E-state index contributed by atoms with van der Waals surface area (Å²) in [6.45, 7) is 11.6. The van der Waals surface area contributed by atoms with E-state index in [1.807, 2.05) is 60.8 Å². The van der Waals surface area contributed by atoms with E-state index in [1.165, 1.54) is 0 Å². The molecular weight excluding hydrogens is 338 g/mol. The maximum absolute atomic E-state index is 12.8. The molecule has 0 unspecified atom stereocenters. The van der Waals surface area contributed by atoms with Crippen LogP contribution in [0.15, 0.2) is 30.3 Å². The molecule has 1 aromatic carbocycles. The summed E-state index contributed by atoms with van der Waals surface area (Å²) in [6, 6.07) is 10.1. The highest BCUT2D eigenvalue weighted by atomic mass is 16.2. The molecule has 0 spiro atoms. The Morgan fingerprint density at radius 1 is 1.33 bits per heavy atom. The number of anilines is 1. The van der Waals surface area contributed by atoms with Gasteiger partial charge in [0.25, 0.3) is 0 Å². The Balaban J connectivity index is 1.69. The number of aryl methyl sites for hydroxylation is 2. The number of nitrogens with one attached hydrogen (secondary N) is 1. The molecule has 0 saturated carbocycles. The van der Waals surface area contributed by atoms with Gasteiger partial charge in [-0.1, -0.05) is 19.9 Å². The highest BCUT2D eigenvalue weighted by Crippen LogP contribution is 2.22. The van der Waals surface area contributed by atoms with Crippen molar-refractivity contribution in [2.24, 2.45) is 5.92 Å². The Morgan fingerprint density at radius 3 is 2.74 bits per heavy atom. The van der Waals surface area contributed by atoms with Crippen LogP contribution in [-0.4, -0.2) is 58.3 Å². The number of hydrogen-bond donors (Lipinski definition) is 1. The van der Waals surface area contributed by atoms with Gasteiger partial charge in [-0.2, -0.15) is 5.10 Å². The van der Waals surface area contributed by atoms with E-state index in [4.69, 9.17) is 0 Å². The zero-order chi connectivity index (χ0) is 19.6. The smallest absolute Gasteiger partial charge is 0.321 e. The molecule has 1 fully saturated rings. The topological polar surface area (TPSA) is 53.4 Å². The molecule has 1 N–H and O–H groups in total. The van der Waals surface area contributed by atoms with Crippen molar-refractivity contribution < 1.29 is 4.79 Å². The van der Waals surface area contributed by atoms with Gasteiger partial charge in [0, 0.05) is 37.6 Å². The summed E-state index contributed by atoms with van der Waals surface area (Å²) >= 11 is 0. The number of hydrogen-bond acceptors (Lipinski definition) is 3. The molecule has 1 aliphatic heterocycles. The first kappa shape index (κ1) is 19.4. The van der Waals surface area contributed by atoms with Crippen molar-refractivity contribution in [3.63, 3.8) is 0 Å². The van der Waals surface area contributed by atoms with Crippen molar-refractivity contribution >= 4 is 11.7 Å². The number of carbonyl (C=O) groups excluding carboxylic acids is 1. The van der Waals surface area contributed by atoms with Gasteiger partial charge in [0.1, 0.15) is 0 Å². The maximum Gasteiger partial charge on any atom is 0.321 e. The van der Waals surface area contributed by atoms with Crippen LogP contribution in [-0.2, 0) is 0 Å². The number of likely N-dealkylation sites (tertiary alicyclic amines) is 1. The number of rotatable bonds is 4. The highest BCUT2D eigenvalue weighted by Gasteiger charge is 2.30. The van der Waals surface area contributed by atoms with Crippen LogP contribution in [0.2, 0.25) is 0 Å². The molecule has 0 aliphatic carbocycles. The number of amides is 2. The van der Waals surface area contributed by atoms with Gasteiger partial charge in [-0.3, -0.25) is 0 Å². The Bertz CT molecular complexity index is 800. The molecule has 3 rings (SSSR count). The van der Waals surface area contributed by atoms with Crippen molar-refractivity contribution in [3.05, 3.63) is 41.7 Å². The second-order valence-corrected chi connectivity index (χ2v) is 7.66. The number of aromatic nitrogens is 2. The second-order valence-electron chi connectivity index (χ2n) is 7.66. The fourth-order valence-electron chi connectivity index (χ4n) is 4.05. The largest absolute Gasteiger partial charge is 0.324 e. The molecular formula is C21H31N5O. The summed E-state index contributed by atoms with van der Waals surface area (Å²) in [4.78, 5) is 17.1. The number of carbonyl (C=O) groups is 1. The van der Waals surface area contributed by atoms with E-state index in [2.05, 4.69) is 29.2 Å². The van der Waals surface area contributed by atoms with Crippen LogP contribution in [0.4, 0.5) is 10.5 Å². The van der Waals surface area contributed by atoms with Crippen molar-refractivity contribution in [2.75, 3.05) is 32.0 Å². The van der Waals surface area contributed by atoms with Crippen molar-refractivity contribution in [2.45, 2.75) is 40.2 Å². The molecule has 2 heterocycles. The number of urea groups is 1. The van der Waals surface area contributed by atoms with E-state index in [-0.39, 0.29) is 12.1 Å². The van der Waals surface area contributed by atoms with Crippen molar-refractivity contribution in [1.82, 2.24) is 19.6 Å². The Morgan fingerprint density at radius 2 is 2.11 bits per heavy atom. The summed E-state index contributed by atoms with van der Waals surface area (Å²) in [5.41, 5.74) is 3.79. The van der Waals surface area contributed by atoms with E-state index >= 15 is 0 Å². The first-order chi connectivity index (χ1) is 12.9. The second kappa shape index (κ2) is 8.13. The van der Waals surface area contributed by atoms with Crippen LogP contribution in [0, 0.1) is 19.8 Å². The third-order valence-corrected chi connectivity index (χ3v) is 5.56. The number of benzene rings is 1. The number of nitrogens with zero attached hydrogens (tertiary/aromatic N) is 4. The minimum Gasteiger partial charge on any atom is -0.324 e. The van der Waals surface area contributed by atoms with Gasteiger partial charge in [0.2, 0.25) is 0 Å². The van der Waals surface area contributed by atoms with Crippen LogP contribution in [0.25, 0.3) is 5.69 Å². The summed E-state index contributed by atoms with van der Waals surface area (Å²) in [7, 11) is 1.91. The zero-order valence-corrected chi connectivity index (χ0v) is 17.1. The summed E-state index contributed by atoms with van der Waals surface area (Å²) in [5.74, 6) is 0.468. The monoisotopic (exact) mass is 369 g/mol. The predicted octanol–water partition coefficient (Wildman–Crippen LogP) is 3.68. The van der Waals surface area contributed by atoms with E-state index in [9.17, 15) is 4.79 Å². The lowest BCUT2D eigenvalue weighted by atomic mass is 9.93. The standard InChI is InChI=1S/C21H31N5O/c1-6-25-11-10-20(15(2)14-25)24(5)21(27)22-18-8-7-9-19(13-18)26-17(4)12-16(3)23-26/h7-9,12-13,15,20H,6,10-11,14H2,1-5H3,(H,22,27)/t15-,20+/m0/s1. The number of piperidine rings is 1. The summed E-state index contributed by atoms with van der Waals surface area (Å²) in [6.07, 6.45) is 1.02. The fourth-order valence-corrected chi connectivity index (χ4v) is 4.05. The quantitative estimate of drug-likeness (QED) is 0.894. The average molecular weight is 370 g/mol. The average Bonchev–Trinajstić information content (AvgIpc) is 2.99. The third kappa shape index (κ3) is 4.33. The van der Waals surface area contributed by atoms with Gasteiger partial charge in [0.05, 0.1) is 11.4 Å². The lowest BCUT2D eigenvalue weighted by Gasteiger charge is -2.40. The highest BCUT2D eigenvalue weighted by molar-refractivity contribution is 5.89. The van der Waals surface area contributed by atoms with E-state index in [0.29, 0.717) is 5.92 Å². The first-order valence-corrected chi connectivity index (χ1v) is 9.79. The van der Waals surface area contributed by atoms with Crippen molar-refractivity contribution in [1.29, 1.82) is 0 Å². The Kier molecular flexibility index (Phi) is 5.85. The van der Waals surface area contributed by atoms with E-state index in [0.717, 1.165) is 48.8 Å². The molecule has 6 nitrogen and oxygen atoms in total. The molecule has 0 radical (unpaired) electrons. The maximum atomic E-state index is 12.8. The Labute approximate surface area is 162 Å². The molecule has 1 saturated heterocycles. The van der Waals surface area contributed by atoms with Gasteiger partial charge in [-0.25, -0.2) is 9.48 Å². The molecule has 1 aromatic heterocycles. The van der Waals surface area contributed by atoms with Gasteiger partial charge in [0.15, 0.2) is 0 Å². The molecule has 146 valence electrons. The van der Waals surface area contributed by atoms with Gasteiger partial charge in [-0.15, -0.1) is 0 Å². The molecule has 2 amide bonds. The SMILES string of the molecule is CCN1CC[C@@H](N(C)C(=O)Nc2cccc(-n3nc(C)cc3C)c2)[C@@H](C)C1. The molecule has 6 heteroatoms. The lowest BCUT2D eigenvalue weighted by Crippen LogP contribution is -2.51. The summed E-state index contributed by atoms with van der Waals surface area (Å²) < 4.78 is 1.90. The van der Waals surface area contributed by atoms with Crippen molar-refractivity contribution in [3.8, 4) is 5.69 Å². The minimum absolute atomic E-state index is 0.0534. The molecule has 1 aliphatic rings. The fraction of sp³-hybridized carbons (Fsp3) is 0.524. The van der Waals surface area contributed by atoms with E-state index in [1.54, 1.807) is 0 Å². The van der Waals surface area contributed by atoms with Crippen LogP contribution in [0.1, 0.15) is 31.7 Å². The van der Waals surface area contributed by atoms with Gasteiger partial charge >= 0.3 is 6.03 Å². The van der Waals surface area contributed by atoms with Crippen LogP contribution < -0.4 is 5.32 Å². The molecule has 0 bridgehead atoms. The summed E-state index contributed by atoms with van der Waals surface area (Å²) in [5, 5.41) is 7.58. The zero-order valence-electron chi connectivity index (χ0n) is 17.1. The normalized spacial score (nSPS) is 20.5. The van der Waals surface area contributed by atoms with Gasteiger partial charge in [-0.05, 0) is 57.0 Å². The lowest BCUT2D eigenvalue weighted by molar-refractivity contribution is 0.101. The molecule has 2 atom stereocenters. The molecule has 27 heavy (non-hydrogen) atoms. The molecule has 2 aromatic rings. The van der Waals surface area contributed by atoms with Crippen LogP contribution >= 0.6 is 0 Å².